The average Bonchev–Trinajstić information content (AvgIpc) is 3.02. The molecule has 1 aliphatic carbocycles. The summed E-state index contributed by atoms with van der Waals surface area (Å²) in [6, 6.07) is 10.4. The van der Waals surface area contributed by atoms with Crippen LogP contribution in [0.2, 0.25) is 0 Å². The standard InChI is InChI=1S/C21H32N2O3S/c1-17(18-9-5-3-6-10-18)22(2)15-21(24)23(19-11-7-4-8-12-19)20-13-14-27(25,26)16-20/h3,5-6,9-10,17,19-20H,4,7-8,11-16H2,1-2H3/t17-,20+/m1/s1. The van der Waals surface area contributed by atoms with Gasteiger partial charge in [-0.2, -0.15) is 0 Å². The molecular weight excluding hydrogens is 360 g/mol. The summed E-state index contributed by atoms with van der Waals surface area (Å²) < 4.78 is 24.0. The molecule has 6 heteroatoms. The summed E-state index contributed by atoms with van der Waals surface area (Å²) in [6.07, 6.45) is 6.06. The van der Waals surface area contributed by atoms with Gasteiger partial charge in [0.15, 0.2) is 9.84 Å². The summed E-state index contributed by atoms with van der Waals surface area (Å²) in [6.45, 7) is 2.43. The molecule has 1 aromatic carbocycles. The predicted octanol–water partition coefficient (Wildman–Crippen LogP) is 3.03. The highest BCUT2D eigenvalue weighted by atomic mass is 32.2. The third-order valence-electron chi connectivity index (χ3n) is 6.19. The molecule has 2 atom stereocenters. The van der Waals surface area contributed by atoms with Crippen molar-refractivity contribution in [2.75, 3.05) is 25.1 Å². The van der Waals surface area contributed by atoms with Crippen molar-refractivity contribution in [2.24, 2.45) is 0 Å². The Bertz CT molecular complexity index is 729. The molecule has 0 N–H and O–H groups in total. The van der Waals surface area contributed by atoms with Crippen LogP contribution in [0.4, 0.5) is 0 Å². The largest absolute Gasteiger partial charge is 0.335 e. The van der Waals surface area contributed by atoms with Gasteiger partial charge in [0.2, 0.25) is 5.91 Å². The van der Waals surface area contributed by atoms with Crippen LogP contribution in [0.15, 0.2) is 30.3 Å². The third-order valence-corrected chi connectivity index (χ3v) is 7.94. The fourth-order valence-corrected chi connectivity index (χ4v) is 6.19. The average molecular weight is 393 g/mol. The van der Waals surface area contributed by atoms with E-state index in [9.17, 15) is 13.2 Å². The van der Waals surface area contributed by atoms with Crippen molar-refractivity contribution >= 4 is 15.7 Å². The Hall–Kier alpha value is -1.40. The van der Waals surface area contributed by atoms with Crippen LogP contribution in [0.1, 0.15) is 57.1 Å². The normalized spacial score (nSPS) is 24.0. The van der Waals surface area contributed by atoms with Gasteiger partial charge in [0.25, 0.3) is 0 Å². The number of rotatable bonds is 6. The van der Waals surface area contributed by atoms with E-state index in [1.54, 1.807) is 0 Å². The van der Waals surface area contributed by atoms with E-state index in [4.69, 9.17) is 0 Å². The maximum Gasteiger partial charge on any atom is 0.237 e. The van der Waals surface area contributed by atoms with Gasteiger partial charge in [-0.05, 0) is 38.8 Å². The predicted molar refractivity (Wildman–Crippen MR) is 108 cm³/mol. The minimum absolute atomic E-state index is 0.0780. The lowest BCUT2D eigenvalue weighted by molar-refractivity contribution is -0.138. The van der Waals surface area contributed by atoms with Crippen molar-refractivity contribution in [1.29, 1.82) is 0 Å². The molecule has 5 nitrogen and oxygen atoms in total. The van der Waals surface area contributed by atoms with E-state index in [0.717, 1.165) is 25.7 Å². The molecule has 0 unspecified atom stereocenters. The van der Waals surface area contributed by atoms with E-state index in [2.05, 4.69) is 24.0 Å². The monoisotopic (exact) mass is 392 g/mol. The van der Waals surface area contributed by atoms with Gasteiger partial charge in [-0.25, -0.2) is 8.42 Å². The number of likely N-dealkylation sites (N-methyl/N-ethyl adjacent to an activating group) is 1. The second-order valence-electron chi connectivity index (χ2n) is 8.15. The number of amides is 1. The van der Waals surface area contributed by atoms with Crippen LogP contribution in [0, 0.1) is 0 Å². The van der Waals surface area contributed by atoms with Crippen molar-refractivity contribution in [3.63, 3.8) is 0 Å². The fourth-order valence-electron chi connectivity index (χ4n) is 4.48. The Balaban J connectivity index is 1.72. The number of benzene rings is 1. The first-order valence-electron chi connectivity index (χ1n) is 10.1. The molecule has 1 amide bonds. The highest BCUT2D eigenvalue weighted by molar-refractivity contribution is 7.91. The van der Waals surface area contributed by atoms with E-state index in [-0.39, 0.29) is 35.5 Å². The van der Waals surface area contributed by atoms with E-state index in [1.807, 2.05) is 30.1 Å². The molecule has 1 aromatic rings. The molecule has 2 aliphatic rings. The van der Waals surface area contributed by atoms with Crippen LogP contribution >= 0.6 is 0 Å². The molecule has 150 valence electrons. The lowest BCUT2D eigenvalue weighted by Crippen LogP contribution is -2.51. The molecule has 0 bridgehead atoms. The van der Waals surface area contributed by atoms with Crippen molar-refractivity contribution in [2.45, 2.75) is 63.6 Å². The minimum Gasteiger partial charge on any atom is -0.335 e. The number of hydrogen-bond acceptors (Lipinski definition) is 4. The zero-order valence-electron chi connectivity index (χ0n) is 16.5. The Morgan fingerprint density at radius 3 is 2.33 bits per heavy atom. The number of sulfone groups is 1. The smallest absolute Gasteiger partial charge is 0.237 e. The third kappa shape index (κ3) is 5.11. The molecule has 1 heterocycles. The summed E-state index contributed by atoms with van der Waals surface area (Å²) in [5.41, 5.74) is 1.18. The summed E-state index contributed by atoms with van der Waals surface area (Å²) in [5, 5.41) is 0. The summed E-state index contributed by atoms with van der Waals surface area (Å²) >= 11 is 0. The first kappa shape index (κ1) is 20.3. The molecular formula is C21H32N2O3S. The fraction of sp³-hybridized carbons (Fsp3) is 0.667. The van der Waals surface area contributed by atoms with Crippen LogP contribution in [-0.2, 0) is 14.6 Å². The lowest BCUT2D eigenvalue weighted by atomic mass is 9.92. The summed E-state index contributed by atoms with van der Waals surface area (Å²) in [4.78, 5) is 17.3. The van der Waals surface area contributed by atoms with Gasteiger partial charge in [-0.3, -0.25) is 9.69 Å². The van der Waals surface area contributed by atoms with E-state index >= 15 is 0 Å². The van der Waals surface area contributed by atoms with E-state index < -0.39 is 9.84 Å². The number of carbonyl (C=O) groups excluding carboxylic acids is 1. The van der Waals surface area contributed by atoms with E-state index in [0.29, 0.717) is 13.0 Å². The van der Waals surface area contributed by atoms with Crippen LogP contribution in [0.3, 0.4) is 0 Å². The molecule has 1 aliphatic heterocycles. The Labute approximate surface area is 163 Å². The first-order valence-corrected chi connectivity index (χ1v) is 12.0. The number of carbonyl (C=O) groups is 1. The zero-order chi connectivity index (χ0) is 19.4. The molecule has 1 saturated heterocycles. The molecule has 1 saturated carbocycles. The molecule has 0 aromatic heterocycles. The highest BCUT2D eigenvalue weighted by Gasteiger charge is 2.38. The quantitative estimate of drug-likeness (QED) is 0.747. The van der Waals surface area contributed by atoms with Crippen LogP contribution < -0.4 is 0 Å². The first-order chi connectivity index (χ1) is 12.9. The molecule has 0 radical (unpaired) electrons. The number of hydrogen-bond donors (Lipinski definition) is 0. The molecule has 27 heavy (non-hydrogen) atoms. The van der Waals surface area contributed by atoms with Gasteiger partial charge >= 0.3 is 0 Å². The topological polar surface area (TPSA) is 57.7 Å². The maximum absolute atomic E-state index is 13.3. The van der Waals surface area contributed by atoms with Gasteiger partial charge in [0, 0.05) is 18.1 Å². The molecule has 0 spiro atoms. The molecule has 3 rings (SSSR count). The van der Waals surface area contributed by atoms with Crippen LogP contribution in [0.25, 0.3) is 0 Å². The van der Waals surface area contributed by atoms with E-state index in [1.165, 1.54) is 12.0 Å². The van der Waals surface area contributed by atoms with Gasteiger partial charge in [-0.1, -0.05) is 49.6 Å². The van der Waals surface area contributed by atoms with Gasteiger partial charge < -0.3 is 4.90 Å². The SMILES string of the molecule is C[C@H](c1ccccc1)N(C)CC(=O)N(C1CCCCC1)[C@H]1CCS(=O)(=O)C1. The summed E-state index contributed by atoms with van der Waals surface area (Å²) in [7, 11) is -1.04. The zero-order valence-corrected chi connectivity index (χ0v) is 17.3. The van der Waals surface area contributed by atoms with Crippen molar-refractivity contribution in [1.82, 2.24) is 9.80 Å². The van der Waals surface area contributed by atoms with Crippen molar-refractivity contribution in [3.8, 4) is 0 Å². The lowest BCUT2D eigenvalue weighted by Gasteiger charge is -2.39. The second kappa shape index (κ2) is 8.74. The number of nitrogens with zero attached hydrogens (tertiary/aromatic N) is 2. The van der Waals surface area contributed by atoms with Gasteiger partial charge in [-0.15, -0.1) is 0 Å². The van der Waals surface area contributed by atoms with Crippen LogP contribution in [-0.4, -0.2) is 61.3 Å². The van der Waals surface area contributed by atoms with Crippen LogP contribution in [0.5, 0.6) is 0 Å². The van der Waals surface area contributed by atoms with Gasteiger partial charge in [0.1, 0.15) is 0 Å². The second-order valence-corrected chi connectivity index (χ2v) is 10.4. The van der Waals surface area contributed by atoms with Gasteiger partial charge in [0.05, 0.1) is 18.1 Å². The molecule has 2 fully saturated rings. The van der Waals surface area contributed by atoms with Crippen molar-refractivity contribution in [3.05, 3.63) is 35.9 Å². The Morgan fingerprint density at radius 2 is 1.74 bits per heavy atom. The highest BCUT2D eigenvalue weighted by Crippen LogP contribution is 2.29. The Morgan fingerprint density at radius 1 is 1.07 bits per heavy atom. The van der Waals surface area contributed by atoms with Crippen molar-refractivity contribution < 1.29 is 13.2 Å². The maximum atomic E-state index is 13.3. The Kier molecular flexibility index (Phi) is 6.58. The minimum atomic E-state index is -3.01. The summed E-state index contributed by atoms with van der Waals surface area (Å²) in [5.74, 6) is 0.423.